The van der Waals surface area contributed by atoms with Crippen molar-refractivity contribution in [3.8, 4) is 5.75 Å². The van der Waals surface area contributed by atoms with E-state index in [1.165, 1.54) is 22.3 Å². The number of rotatable bonds is 5. The van der Waals surface area contributed by atoms with Gasteiger partial charge in [0.2, 0.25) is 0 Å². The van der Waals surface area contributed by atoms with E-state index in [0.29, 0.717) is 0 Å². The molecule has 1 N–H and O–H groups in total. The molecule has 1 aromatic rings. The van der Waals surface area contributed by atoms with Crippen LogP contribution in [0.2, 0.25) is 0 Å². The second-order valence-corrected chi connectivity index (χ2v) is 4.58. The summed E-state index contributed by atoms with van der Waals surface area (Å²) in [5.74, 6) is 1.02. The minimum absolute atomic E-state index is 0.847. The molecular formula is C13H20BrNO. The number of hydrogen-bond donors (Lipinski definition) is 1. The van der Waals surface area contributed by atoms with Crippen molar-refractivity contribution in [3.05, 3.63) is 28.3 Å². The van der Waals surface area contributed by atoms with Gasteiger partial charge >= 0.3 is 0 Å². The van der Waals surface area contributed by atoms with E-state index < -0.39 is 0 Å². The maximum Gasteiger partial charge on any atom is 0.124 e. The first kappa shape index (κ1) is 13.5. The van der Waals surface area contributed by atoms with Crippen LogP contribution in [0.4, 0.5) is 0 Å². The molecule has 0 spiro atoms. The van der Waals surface area contributed by atoms with Crippen LogP contribution in [0, 0.1) is 20.8 Å². The van der Waals surface area contributed by atoms with Crippen molar-refractivity contribution in [1.29, 1.82) is 0 Å². The molecule has 0 saturated heterocycles. The fourth-order valence-corrected chi connectivity index (χ4v) is 2.29. The third-order valence-electron chi connectivity index (χ3n) is 3.00. The van der Waals surface area contributed by atoms with Gasteiger partial charge in [-0.05, 0) is 56.0 Å². The molecule has 0 aliphatic rings. The van der Waals surface area contributed by atoms with Crippen LogP contribution < -0.4 is 10.1 Å². The monoisotopic (exact) mass is 285 g/mol. The topological polar surface area (TPSA) is 21.3 Å². The Kier molecular flexibility index (Phi) is 5.29. The van der Waals surface area contributed by atoms with Gasteiger partial charge in [-0.2, -0.15) is 0 Å². The predicted molar refractivity (Wildman–Crippen MR) is 72.7 cm³/mol. The first-order valence-corrected chi connectivity index (χ1v) is 6.64. The third kappa shape index (κ3) is 2.98. The Balaban J connectivity index is 2.94. The van der Waals surface area contributed by atoms with Crippen LogP contribution in [0.15, 0.2) is 6.07 Å². The maximum atomic E-state index is 5.41. The van der Waals surface area contributed by atoms with E-state index in [4.69, 9.17) is 4.74 Å². The minimum atomic E-state index is 0.847. The van der Waals surface area contributed by atoms with E-state index >= 15 is 0 Å². The summed E-state index contributed by atoms with van der Waals surface area (Å²) in [6.07, 6.45) is 1.06. The Morgan fingerprint density at radius 1 is 1.25 bits per heavy atom. The fourth-order valence-electron chi connectivity index (χ4n) is 2.01. The number of nitrogens with one attached hydrogen (secondary N) is 1. The summed E-state index contributed by atoms with van der Waals surface area (Å²) in [6, 6.07) is 2.23. The van der Waals surface area contributed by atoms with Crippen LogP contribution in [0.5, 0.6) is 5.75 Å². The van der Waals surface area contributed by atoms with Gasteiger partial charge in [-0.1, -0.05) is 22.0 Å². The molecule has 0 bridgehead atoms. The predicted octanol–water partition coefficient (Wildman–Crippen LogP) is 3.10. The van der Waals surface area contributed by atoms with E-state index in [-0.39, 0.29) is 0 Å². The van der Waals surface area contributed by atoms with Gasteiger partial charge < -0.3 is 10.1 Å². The number of halogens is 1. The minimum Gasteiger partial charge on any atom is -0.496 e. The lowest BCUT2D eigenvalue weighted by Crippen LogP contribution is -2.15. The van der Waals surface area contributed by atoms with Crippen molar-refractivity contribution in [2.75, 3.05) is 19.1 Å². The Hall–Kier alpha value is -0.540. The standard InChI is InChI=1S/C13H20BrNO/c1-9-7-12(5-6-15-8-14)10(2)11(3)13(9)16-4/h7,15H,5-6,8H2,1-4H3. The van der Waals surface area contributed by atoms with Crippen molar-refractivity contribution >= 4 is 15.9 Å². The van der Waals surface area contributed by atoms with Gasteiger partial charge in [0.05, 0.1) is 12.6 Å². The molecule has 3 heteroatoms. The zero-order chi connectivity index (χ0) is 12.1. The number of alkyl halides is 1. The molecule has 0 amide bonds. The van der Waals surface area contributed by atoms with Crippen LogP contribution in [0.3, 0.4) is 0 Å². The lowest BCUT2D eigenvalue weighted by Gasteiger charge is -2.15. The van der Waals surface area contributed by atoms with Gasteiger partial charge in [-0.3, -0.25) is 0 Å². The Bertz CT molecular complexity index is 363. The fraction of sp³-hybridized carbons (Fsp3) is 0.538. The molecule has 90 valence electrons. The van der Waals surface area contributed by atoms with Crippen molar-refractivity contribution in [1.82, 2.24) is 5.32 Å². The highest BCUT2D eigenvalue weighted by molar-refractivity contribution is 9.09. The van der Waals surface area contributed by atoms with Crippen LogP contribution in [0.25, 0.3) is 0 Å². The second kappa shape index (κ2) is 6.26. The molecule has 2 nitrogen and oxygen atoms in total. The Morgan fingerprint density at radius 2 is 1.94 bits per heavy atom. The summed E-state index contributed by atoms with van der Waals surface area (Å²) in [5.41, 5.74) is 6.08. The average Bonchev–Trinajstić information content (AvgIpc) is 2.26. The summed E-state index contributed by atoms with van der Waals surface area (Å²) in [7, 11) is 1.74. The summed E-state index contributed by atoms with van der Waals surface area (Å²) >= 11 is 3.36. The molecule has 0 saturated carbocycles. The lowest BCUT2D eigenvalue weighted by molar-refractivity contribution is 0.408. The van der Waals surface area contributed by atoms with Gasteiger partial charge in [-0.25, -0.2) is 0 Å². The molecule has 0 aliphatic carbocycles. The normalized spacial score (nSPS) is 10.6. The number of hydrogen-bond acceptors (Lipinski definition) is 2. The van der Waals surface area contributed by atoms with Crippen molar-refractivity contribution in [2.24, 2.45) is 0 Å². The summed E-state index contributed by atoms with van der Waals surface area (Å²) in [5, 5.41) is 3.28. The molecule has 0 fully saturated rings. The summed E-state index contributed by atoms with van der Waals surface area (Å²) in [4.78, 5) is 0. The third-order valence-corrected chi connectivity index (χ3v) is 3.40. The number of ether oxygens (including phenoxy) is 1. The van der Waals surface area contributed by atoms with Crippen LogP contribution in [-0.4, -0.2) is 19.1 Å². The highest BCUT2D eigenvalue weighted by Crippen LogP contribution is 2.28. The smallest absolute Gasteiger partial charge is 0.124 e. The molecule has 0 radical (unpaired) electrons. The molecule has 1 rings (SSSR count). The van der Waals surface area contributed by atoms with Crippen LogP contribution in [0.1, 0.15) is 22.3 Å². The molecular weight excluding hydrogens is 266 g/mol. The van der Waals surface area contributed by atoms with E-state index in [2.05, 4.69) is 48.1 Å². The van der Waals surface area contributed by atoms with Crippen molar-refractivity contribution in [2.45, 2.75) is 27.2 Å². The first-order valence-electron chi connectivity index (χ1n) is 5.52. The van der Waals surface area contributed by atoms with E-state index in [1.54, 1.807) is 7.11 Å². The van der Waals surface area contributed by atoms with Crippen LogP contribution in [-0.2, 0) is 6.42 Å². The summed E-state index contributed by atoms with van der Waals surface area (Å²) in [6.45, 7) is 7.40. The average molecular weight is 286 g/mol. The first-order chi connectivity index (χ1) is 7.61. The van der Waals surface area contributed by atoms with Gasteiger partial charge in [0.25, 0.3) is 0 Å². The molecule has 16 heavy (non-hydrogen) atoms. The number of benzene rings is 1. The van der Waals surface area contributed by atoms with Gasteiger partial charge in [0.15, 0.2) is 0 Å². The van der Waals surface area contributed by atoms with E-state index in [0.717, 1.165) is 24.2 Å². The van der Waals surface area contributed by atoms with Crippen molar-refractivity contribution < 1.29 is 4.74 Å². The van der Waals surface area contributed by atoms with E-state index in [1.807, 2.05) is 0 Å². The van der Waals surface area contributed by atoms with Crippen molar-refractivity contribution in [3.63, 3.8) is 0 Å². The van der Waals surface area contributed by atoms with E-state index in [9.17, 15) is 0 Å². The molecule has 0 heterocycles. The zero-order valence-corrected chi connectivity index (χ0v) is 12.1. The number of methoxy groups -OCH3 is 1. The molecule has 0 atom stereocenters. The largest absolute Gasteiger partial charge is 0.496 e. The lowest BCUT2D eigenvalue weighted by atomic mass is 9.96. The molecule has 0 aromatic heterocycles. The molecule has 0 unspecified atom stereocenters. The maximum absolute atomic E-state index is 5.41. The highest BCUT2D eigenvalue weighted by atomic mass is 79.9. The highest BCUT2D eigenvalue weighted by Gasteiger charge is 2.09. The quantitative estimate of drug-likeness (QED) is 0.510. The zero-order valence-electron chi connectivity index (χ0n) is 10.5. The Morgan fingerprint density at radius 3 is 2.50 bits per heavy atom. The number of aryl methyl sites for hydroxylation is 1. The van der Waals surface area contributed by atoms with Gasteiger partial charge in [-0.15, -0.1) is 0 Å². The SMILES string of the molecule is COc1c(C)cc(CCNCBr)c(C)c1C. The van der Waals surface area contributed by atoms with Crippen LogP contribution >= 0.6 is 15.9 Å². The Labute approximate surface area is 107 Å². The van der Waals surface area contributed by atoms with Gasteiger partial charge in [0, 0.05) is 0 Å². The molecule has 0 aliphatic heterocycles. The summed E-state index contributed by atoms with van der Waals surface area (Å²) < 4.78 is 5.41. The molecule has 1 aromatic carbocycles. The van der Waals surface area contributed by atoms with Gasteiger partial charge in [0.1, 0.15) is 5.75 Å². The second-order valence-electron chi connectivity index (χ2n) is 4.02.